The fourth-order valence-corrected chi connectivity index (χ4v) is 3.84. The monoisotopic (exact) mass is 311 g/mol. The van der Waals surface area contributed by atoms with Gasteiger partial charge in [0.1, 0.15) is 0 Å². The zero-order valence-corrected chi connectivity index (χ0v) is 13.1. The fraction of sp³-hybridized carbons (Fsp3) is 0.500. The molecule has 116 valence electrons. The van der Waals surface area contributed by atoms with Crippen LogP contribution in [-0.4, -0.2) is 44.8 Å². The Labute approximate surface area is 125 Å². The molecule has 1 aliphatic heterocycles. The first-order valence-electron chi connectivity index (χ1n) is 6.94. The van der Waals surface area contributed by atoms with E-state index in [2.05, 4.69) is 10.6 Å². The second-order valence-corrected chi connectivity index (χ2v) is 7.13. The van der Waals surface area contributed by atoms with Crippen molar-refractivity contribution < 1.29 is 13.2 Å². The van der Waals surface area contributed by atoms with E-state index in [9.17, 15) is 13.2 Å². The summed E-state index contributed by atoms with van der Waals surface area (Å²) in [5, 5.41) is 5.79. The molecule has 0 saturated carbocycles. The number of hydrogen-bond donors (Lipinski definition) is 2. The number of sulfonamides is 1. The molecule has 0 bridgehead atoms. The molecule has 0 radical (unpaired) electrons. The van der Waals surface area contributed by atoms with Crippen LogP contribution in [0.15, 0.2) is 29.2 Å². The summed E-state index contributed by atoms with van der Waals surface area (Å²) in [6.07, 6.45) is 0.830. The molecule has 1 unspecified atom stereocenters. The summed E-state index contributed by atoms with van der Waals surface area (Å²) in [6, 6.07) is 6.88. The Morgan fingerprint density at radius 3 is 2.52 bits per heavy atom. The Morgan fingerprint density at radius 1 is 1.33 bits per heavy atom. The van der Waals surface area contributed by atoms with E-state index in [1.54, 1.807) is 24.3 Å². The quantitative estimate of drug-likeness (QED) is 0.820. The van der Waals surface area contributed by atoms with E-state index in [4.69, 9.17) is 0 Å². The Kier molecular flexibility index (Phi) is 4.97. The third-order valence-corrected chi connectivity index (χ3v) is 5.54. The summed E-state index contributed by atoms with van der Waals surface area (Å²) in [5.74, 6) is -0.109. The zero-order chi connectivity index (χ0) is 15.5. The van der Waals surface area contributed by atoms with E-state index in [-0.39, 0.29) is 11.9 Å². The number of amides is 1. The van der Waals surface area contributed by atoms with Crippen molar-refractivity contribution in [3.63, 3.8) is 0 Å². The van der Waals surface area contributed by atoms with Crippen LogP contribution >= 0.6 is 0 Å². The number of likely N-dealkylation sites (N-methyl/N-ethyl adjacent to an activating group) is 1. The highest BCUT2D eigenvalue weighted by atomic mass is 32.2. The van der Waals surface area contributed by atoms with Gasteiger partial charge in [0.25, 0.3) is 0 Å². The van der Waals surface area contributed by atoms with E-state index in [0.29, 0.717) is 24.5 Å². The van der Waals surface area contributed by atoms with Crippen molar-refractivity contribution in [2.45, 2.75) is 30.8 Å². The number of rotatable bonds is 5. The number of nitrogens with zero attached hydrogens (tertiary/aromatic N) is 1. The number of hydrogen-bond acceptors (Lipinski definition) is 4. The molecule has 1 saturated heterocycles. The van der Waals surface area contributed by atoms with Gasteiger partial charge in [0.2, 0.25) is 15.9 Å². The summed E-state index contributed by atoms with van der Waals surface area (Å²) in [4.78, 5) is 11.2. The van der Waals surface area contributed by atoms with Crippen molar-refractivity contribution in [1.29, 1.82) is 0 Å². The molecule has 1 amide bonds. The zero-order valence-electron chi connectivity index (χ0n) is 12.3. The Hall–Kier alpha value is -1.44. The molecule has 1 fully saturated rings. The first-order valence-corrected chi connectivity index (χ1v) is 8.38. The van der Waals surface area contributed by atoms with Gasteiger partial charge in [-0.25, -0.2) is 8.42 Å². The molecular formula is C14H21N3O3S. The number of benzene rings is 1. The molecule has 0 spiro atoms. The minimum atomic E-state index is -3.42. The van der Waals surface area contributed by atoms with Gasteiger partial charge >= 0.3 is 0 Å². The van der Waals surface area contributed by atoms with Gasteiger partial charge in [0.05, 0.1) is 4.90 Å². The largest absolute Gasteiger partial charge is 0.352 e. The third kappa shape index (κ3) is 3.81. The lowest BCUT2D eigenvalue weighted by Gasteiger charge is -2.16. The van der Waals surface area contributed by atoms with E-state index in [1.807, 2.05) is 7.05 Å². The number of carbonyl (C=O) groups is 1. The number of carbonyl (C=O) groups excluding carboxylic acids is 1. The van der Waals surface area contributed by atoms with Crippen LogP contribution in [0, 0.1) is 0 Å². The van der Waals surface area contributed by atoms with Gasteiger partial charge in [-0.1, -0.05) is 12.1 Å². The first-order chi connectivity index (χ1) is 9.93. The van der Waals surface area contributed by atoms with E-state index in [0.717, 1.165) is 12.0 Å². The molecule has 1 atom stereocenters. The molecular weight excluding hydrogens is 290 g/mol. The third-order valence-electron chi connectivity index (χ3n) is 3.66. The van der Waals surface area contributed by atoms with Crippen LogP contribution in [0.3, 0.4) is 0 Å². The van der Waals surface area contributed by atoms with Gasteiger partial charge in [-0.3, -0.25) is 4.79 Å². The van der Waals surface area contributed by atoms with Crippen molar-refractivity contribution in [2.75, 3.05) is 20.1 Å². The average molecular weight is 311 g/mol. The lowest BCUT2D eigenvalue weighted by Crippen LogP contribution is -2.33. The van der Waals surface area contributed by atoms with Crippen LogP contribution in [0.1, 0.15) is 18.9 Å². The Balaban J connectivity index is 2.08. The summed E-state index contributed by atoms with van der Waals surface area (Å²) in [6.45, 7) is 2.90. The molecule has 2 rings (SSSR count). The molecule has 7 heteroatoms. The molecule has 0 aromatic heterocycles. The number of nitrogens with one attached hydrogen (secondary N) is 2. The SMILES string of the molecule is CNC1CCN(S(=O)(=O)c2ccc(CNC(C)=O)cc2)C1. The lowest BCUT2D eigenvalue weighted by molar-refractivity contribution is -0.119. The summed E-state index contributed by atoms with van der Waals surface area (Å²) in [7, 11) is -1.58. The maximum Gasteiger partial charge on any atom is 0.243 e. The van der Waals surface area contributed by atoms with Gasteiger partial charge in [0, 0.05) is 32.6 Å². The topological polar surface area (TPSA) is 78.5 Å². The second kappa shape index (κ2) is 6.55. The molecule has 1 aromatic rings. The standard InChI is InChI=1S/C14H21N3O3S/c1-11(18)16-9-12-3-5-14(6-4-12)21(19,20)17-8-7-13(10-17)15-2/h3-6,13,15H,7-10H2,1-2H3,(H,16,18). The van der Waals surface area contributed by atoms with Crippen LogP contribution < -0.4 is 10.6 Å². The molecule has 1 aromatic carbocycles. The van der Waals surface area contributed by atoms with Gasteiger partial charge in [-0.05, 0) is 31.2 Å². The van der Waals surface area contributed by atoms with Crippen LogP contribution in [0.5, 0.6) is 0 Å². The first kappa shape index (κ1) is 15.9. The molecule has 21 heavy (non-hydrogen) atoms. The predicted octanol–water partition coefficient (Wildman–Crippen LogP) is 0.305. The minimum absolute atomic E-state index is 0.109. The molecule has 1 aliphatic rings. The minimum Gasteiger partial charge on any atom is -0.352 e. The van der Waals surface area contributed by atoms with Crippen molar-refractivity contribution in [3.8, 4) is 0 Å². The molecule has 1 heterocycles. The molecule has 0 aliphatic carbocycles. The summed E-state index contributed by atoms with van der Waals surface area (Å²) < 4.78 is 26.5. The van der Waals surface area contributed by atoms with E-state index < -0.39 is 10.0 Å². The van der Waals surface area contributed by atoms with Crippen molar-refractivity contribution in [1.82, 2.24) is 14.9 Å². The highest BCUT2D eigenvalue weighted by Crippen LogP contribution is 2.21. The van der Waals surface area contributed by atoms with Crippen molar-refractivity contribution >= 4 is 15.9 Å². The van der Waals surface area contributed by atoms with E-state index in [1.165, 1.54) is 11.2 Å². The Bertz CT molecular complexity index is 598. The summed E-state index contributed by atoms with van der Waals surface area (Å²) in [5.41, 5.74) is 0.874. The second-order valence-electron chi connectivity index (χ2n) is 5.19. The van der Waals surface area contributed by atoms with Crippen molar-refractivity contribution in [2.24, 2.45) is 0 Å². The fourth-order valence-electron chi connectivity index (χ4n) is 2.34. The maximum absolute atomic E-state index is 12.5. The smallest absolute Gasteiger partial charge is 0.243 e. The van der Waals surface area contributed by atoms with E-state index >= 15 is 0 Å². The highest BCUT2D eigenvalue weighted by molar-refractivity contribution is 7.89. The summed E-state index contributed by atoms with van der Waals surface area (Å²) >= 11 is 0. The van der Waals surface area contributed by atoms with Crippen LogP contribution in [0.25, 0.3) is 0 Å². The van der Waals surface area contributed by atoms with Crippen LogP contribution in [-0.2, 0) is 21.4 Å². The van der Waals surface area contributed by atoms with Crippen molar-refractivity contribution in [3.05, 3.63) is 29.8 Å². The van der Waals surface area contributed by atoms with Crippen LogP contribution in [0.4, 0.5) is 0 Å². The predicted molar refractivity (Wildman–Crippen MR) is 80.2 cm³/mol. The average Bonchev–Trinajstić information content (AvgIpc) is 2.95. The highest BCUT2D eigenvalue weighted by Gasteiger charge is 2.31. The van der Waals surface area contributed by atoms with Crippen LogP contribution in [0.2, 0.25) is 0 Å². The van der Waals surface area contributed by atoms with Gasteiger partial charge in [-0.2, -0.15) is 4.31 Å². The lowest BCUT2D eigenvalue weighted by atomic mass is 10.2. The normalized spacial score (nSPS) is 19.6. The maximum atomic E-state index is 12.5. The molecule has 2 N–H and O–H groups in total. The molecule has 6 nitrogen and oxygen atoms in total. The van der Waals surface area contributed by atoms with Gasteiger partial charge in [0.15, 0.2) is 0 Å². The Morgan fingerprint density at radius 2 is 2.00 bits per heavy atom. The van der Waals surface area contributed by atoms with Gasteiger partial charge < -0.3 is 10.6 Å². The van der Waals surface area contributed by atoms with Gasteiger partial charge in [-0.15, -0.1) is 0 Å².